The molecule has 1 aromatic carbocycles. The summed E-state index contributed by atoms with van der Waals surface area (Å²) in [5.41, 5.74) is 2.73. The fraction of sp³-hybridized carbons (Fsp3) is 0.231. The molecule has 0 atom stereocenters. The Morgan fingerprint density at radius 1 is 1.11 bits per heavy atom. The number of piperidine rings is 1. The maximum Gasteiger partial charge on any atom is 0.255 e. The van der Waals surface area contributed by atoms with Gasteiger partial charge in [0, 0.05) is 40.6 Å². The number of nitrogens with one attached hydrogen (secondary N) is 2. The van der Waals surface area contributed by atoms with Crippen LogP contribution in [0.15, 0.2) is 61.1 Å². The summed E-state index contributed by atoms with van der Waals surface area (Å²) in [6, 6.07) is 11.6. The summed E-state index contributed by atoms with van der Waals surface area (Å²) >= 11 is 6.12. The third-order valence-electron chi connectivity index (χ3n) is 6.18. The van der Waals surface area contributed by atoms with Gasteiger partial charge in [-0.1, -0.05) is 11.6 Å². The summed E-state index contributed by atoms with van der Waals surface area (Å²) < 4.78 is 14.6. The number of benzene rings is 1. The van der Waals surface area contributed by atoms with Crippen LogP contribution >= 0.6 is 11.6 Å². The van der Waals surface area contributed by atoms with Crippen molar-refractivity contribution in [1.82, 2.24) is 25.2 Å². The number of carbonyl (C=O) groups is 1. The molecule has 0 radical (unpaired) electrons. The Labute approximate surface area is 207 Å². The van der Waals surface area contributed by atoms with Crippen molar-refractivity contribution in [3.05, 3.63) is 77.5 Å². The Balaban J connectivity index is 1.50. The fourth-order valence-electron chi connectivity index (χ4n) is 4.24. The van der Waals surface area contributed by atoms with E-state index in [9.17, 15) is 9.18 Å². The van der Waals surface area contributed by atoms with Crippen molar-refractivity contribution in [1.29, 1.82) is 0 Å². The van der Waals surface area contributed by atoms with E-state index < -0.39 is 5.82 Å². The summed E-state index contributed by atoms with van der Waals surface area (Å²) in [6.45, 7) is 1.89. The Bertz CT molecular complexity index is 1390. The largest absolute Gasteiger partial charge is 0.354 e. The van der Waals surface area contributed by atoms with Crippen LogP contribution in [0, 0.1) is 5.82 Å². The van der Waals surface area contributed by atoms with Crippen molar-refractivity contribution in [2.75, 3.05) is 25.5 Å². The van der Waals surface area contributed by atoms with Gasteiger partial charge in [0.25, 0.3) is 5.91 Å². The summed E-state index contributed by atoms with van der Waals surface area (Å²) in [5.74, 6) is -0.627. The van der Waals surface area contributed by atoms with Gasteiger partial charge in [-0.2, -0.15) is 0 Å². The first-order valence-electron chi connectivity index (χ1n) is 11.4. The van der Waals surface area contributed by atoms with Gasteiger partial charge in [0.05, 0.1) is 22.6 Å². The number of hydrogen-bond acceptors (Lipinski definition) is 6. The molecule has 0 aliphatic carbocycles. The van der Waals surface area contributed by atoms with Crippen molar-refractivity contribution >= 4 is 39.9 Å². The highest BCUT2D eigenvalue weighted by atomic mass is 35.5. The van der Waals surface area contributed by atoms with Crippen molar-refractivity contribution in [2.24, 2.45) is 0 Å². The summed E-state index contributed by atoms with van der Waals surface area (Å²) in [5, 5.41) is 7.61. The zero-order chi connectivity index (χ0) is 24.4. The summed E-state index contributed by atoms with van der Waals surface area (Å²) in [6.07, 6.45) is 6.60. The van der Waals surface area contributed by atoms with Crippen LogP contribution in [-0.4, -0.2) is 51.9 Å². The molecule has 2 N–H and O–H groups in total. The molecule has 0 spiro atoms. The third kappa shape index (κ3) is 5.08. The molecule has 4 aromatic rings. The zero-order valence-electron chi connectivity index (χ0n) is 19.1. The maximum atomic E-state index is 14.6. The van der Waals surface area contributed by atoms with Crippen LogP contribution in [-0.2, 0) is 0 Å². The third-order valence-corrected chi connectivity index (χ3v) is 6.41. The molecule has 7 nitrogen and oxygen atoms in total. The van der Waals surface area contributed by atoms with Gasteiger partial charge in [0.2, 0.25) is 0 Å². The molecule has 1 aliphatic heterocycles. The van der Waals surface area contributed by atoms with E-state index in [2.05, 4.69) is 37.5 Å². The lowest BCUT2D eigenvalue weighted by atomic mass is 10.0. The quantitative estimate of drug-likeness (QED) is 0.407. The van der Waals surface area contributed by atoms with E-state index in [1.807, 2.05) is 6.07 Å². The van der Waals surface area contributed by atoms with Gasteiger partial charge in [-0.05, 0) is 75.4 Å². The van der Waals surface area contributed by atoms with Gasteiger partial charge >= 0.3 is 0 Å². The predicted octanol–water partition coefficient (Wildman–Crippen LogP) is 5.05. The minimum Gasteiger partial charge on any atom is -0.354 e. The first-order chi connectivity index (χ1) is 17.0. The van der Waals surface area contributed by atoms with Crippen molar-refractivity contribution < 1.29 is 9.18 Å². The average Bonchev–Trinajstić information content (AvgIpc) is 2.87. The maximum absolute atomic E-state index is 14.6. The summed E-state index contributed by atoms with van der Waals surface area (Å²) in [4.78, 5) is 28.5. The number of fused-ring (bicyclic) bond motifs is 1. The van der Waals surface area contributed by atoms with E-state index in [-0.39, 0.29) is 17.5 Å². The number of hydrogen-bond donors (Lipinski definition) is 2. The molecule has 0 unspecified atom stereocenters. The van der Waals surface area contributed by atoms with Gasteiger partial charge < -0.3 is 15.5 Å². The first-order valence-corrected chi connectivity index (χ1v) is 11.8. The second kappa shape index (κ2) is 9.93. The molecule has 178 valence electrons. The normalized spacial score (nSPS) is 14.7. The lowest BCUT2D eigenvalue weighted by molar-refractivity contribution is 0.0917. The van der Waals surface area contributed by atoms with Gasteiger partial charge in [-0.25, -0.2) is 14.4 Å². The number of rotatable bonds is 5. The van der Waals surface area contributed by atoms with E-state index in [1.54, 1.807) is 36.8 Å². The second-order valence-corrected chi connectivity index (χ2v) is 9.09. The van der Waals surface area contributed by atoms with Gasteiger partial charge in [-0.3, -0.25) is 9.78 Å². The molecule has 4 heterocycles. The standard InChI is InChI=1S/C26H24ClFN6O/c1-34-11-7-17(8-12-34)31-26(35)20-15-29-10-6-22(20)32-23-14-24(19-13-16(27)4-5-21(19)28)33-25-18(23)3-2-9-30-25/h2-6,9-10,13-15,17H,7-8,11-12H2,1H3,(H,31,35)(H,29,30,32,33). The predicted molar refractivity (Wildman–Crippen MR) is 135 cm³/mol. The van der Waals surface area contributed by atoms with Crippen molar-refractivity contribution in [3.8, 4) is 11.3 Å². The number of pyridine rings is 3. The SMILES string of the molecule is CN1CCC(NC(=O)c2cnccc2Nc2cc(-c3cc(Cl)ccc3F)nc3ncccc23)CC1. The smallest absolute Gasteiger partial charge is 0.255 e. The Morgan fingerprint density at radius 3 is 2.77 bits per heavy atom. The molecule has 0 saturated carbocycles. The average molecular weight is 491 g/mol. The van der Waals surface area contributed by atoms with Gasteiger partial charge in [-0.15, -0.1) is 0 Å². The van der Waals surface area contributed by atoms with Crippen LogP contribution < -0.4 is 10.6 Å². The Morgan fingerprint density at radius 2 is 1.94 bits per heavy atom. The van der Waals surface area contributed by atoms with Crippen LogP contribution in [0.3, 0.4) is 0 Å². The van der Waals surface area contributed by atoms with Crippen LogP contribution in [0.5, 0.6) is 0 Å². The van der Waals surface area contributed by atoms with Crippen LogP contribution in [0.1, 0.15) is 23.2 Å². The molecule has 3 aromatic heterocycles. The van der Waals surface area contributed by atoms with E-state index >= 15 is 0 Å². The van der Waals surface area contributed by atoms with Crippen LogP contribution in [0.4, 0.5) is 15.8 Å². The molecule has 1 amide bonds. The monoisotopic (exact) mass is 490 g/mol. The molecule has 1 aliphatic rings. The minimum atomic E-state index is -0.440. The van der Waals surface area contributed by atoms with Crippen LogP contribution in [0.2, 0.25) is 5.02 Å². The first kappa shape index (κ1) is 23.1. The lowest BCUT2D eigenvalue weighted by Crippen LogP contribution is -2.43. The molecule has 9 heteroatoms. The minimum absolute atomic E-state index is 0.120. The van der Waals surface area contributed by atoms with Gasteiger partial charge in [0.1, 0.15) is 5.82 Å². The van der Waals surface area contributed by atoms with Crippen LogP contribution in [0.25, 0.3) is 22.3 Å². The molecular formula is C26H24ClFN6O. The number of halogens is 2. The molecule has 1 saturated heterocycles. The molecule has 1 fully saturated rings. The number of amides is 1. The number of aromatic nitrogens is 3. The highest BCUT2D eigenvalue weighted by Gasteiger charge is 2.21. The van der Waals surface area contributed by atoms with Gasteiger partial charge in [0.15, 0.2) is 5.65 Å². The highest BCUT2D eigenvalue weighted by Crippen LogP contribution is 2.32. The van der Waals surface area contributed by atoms with Crippen molar-refractivity contribution in [3.63, 3.8) is 0 Å². The molecule has 5 rings (SSSR count). The fourth-order valence-corrected chi connectivity index (χ4v) is 4.41. The molecular weight excluding hydrogens is 467 g/mol. The summed E-state index contributed by atoms with van der Waals surface area (Å²) in [7, 11) is 2.08. The van der Waals surface area contributed by atoms with E-state index in [0.29, 0.717) is 33.3 Å². The van der Waals surface area contributed by atoms with Crippen molar-refractivity contribution in [2.45, 2.75) is 18.9 Å². The zero-order valence-corrected chi connectivity index (χ0v) is 19.9. The molecule has 35 heavy (non-hydrogen) atoms. The highest BCUT2D eigenvalue weighted by molar-refractivity contribution is 6.30. The number of nitrogens with zero attached hydrogens (tertiary/aromatic N) is 4. The van der Waals surface area contributed by atoms with E-state index in [1.165, 1.54) is 18.2 Å². The topological polar surface area (TPSA) is 83.0 Å². The van der Waals surface area contributed by atoms with E-state index in [4.69, 9.17) is 11.6 Å². The Hall–Kier alpha value is -3.62. The number of carbonyl (C=O) groups excluding carboxylic acids is 1. The number of likely N-dealkylation sites (tertiary alicyclic amines) is 1. The lowest BCUT2D eigenvalue weighted by Gasteiger charge is -2.29. The molecule has 0 bridgehead atoms. The Kier molecular flexibility index (Phi) is 6.57. The van der Waals surface area contributed by atoms with E-state index in [0.717, 1.165) is 31.3 Å². The number of anilines is 2. The second-order valence-electron chi connectivity index (χ2n) is 8.65.